The molecule has 4 heteroatoms. The van der Waals surface area contributed by atoms with E-state index in [4.69, 9.17) is 0 Å². The molecule has 0 saturated heterocycles. The van der Waals surface area contributed by atoms with Crippen molar-refractivity contribution >= 4 is 5.82 Å². The van der Waals surface area contributed by atoms with Crippen molar-refractivity contribution in [1.82, 2.24) is 15.0 Å². The van der Waals surface area contributed by atoms with Crippen LogP contribution in [-0.4, -0.2) is 21.5 Å². The zero-order valence-electron chi connectivity index (χ0n) is 11.8. The highest BCUT2D eigenvalue weighted by molar-refractivity contribution is 5.56. The first-order valence-corrected chi connectivity index (χ1v) is 6.78. The van der Waals surface area contributed by atoms with Crippen LogP contribution in [0.5, 0.6) is 0 Å². The molecular weight excluding hydrogens is 236 g/mol. The molecule has 0 fully saturated rings. The lowest BCUT2D eigenvalue weighted by Gasteiger charge is -2.09. The van der Waals surface area contributed by atoms with E-state index in [1.807, 2.05) is 25.1 Å². The summed E-state index contributed by atoms with van der Waals surface area (Å²) < 4.78 is 0. The Morgan fingerprint density at radius 3 is 2.74 bits per heavy atom. The van der Waals surface area contributed by atoms with Gasteiger partial charge in [0.15, 0.2) is 5.82 Å². The van der Waals surface area contributed by atoms with Gasteiger partial charge in [-0.3, -0.25) is 4.98 Å². The third-order valence-corrected chi connectivity index (χ3v) is 2.92. The smallest absolute Gasteiger partial charge is 0.180 e. The van der Waals surface area contributed by atoms with Crippen LogP contribution in [-0.2, 0) is 6.42 Å². The zero-order chi connectivity index (χ0) is 13.7. The normalized spacial score (nSPS) is 10.5. The number of aryl methyl sites for hydroxylation is 2. The van der Waals surface area contributed by atoms with E-state index in [0.717, 1.165) is 42.2 Å². The van der Waals surface area contributed by atoms with Crippen LogP contribution < -0.4 is 5.32 Å². The van der Waals surface area contributed by atoms with Crippen molar-refractivity contribution < 1.29 is 0 Å². The second-order valence-corrected chi connectivity index (χ2v) is 4.52. The zero-order valence-corrected chi connectivity index (χ0v) is 11.8. The molecule has 2 heterocycles. The third-order valence-electron chi connectivity index (χ3n) is 2.92. The molecule has 0 aromatic carbocycles. The summed E-state index contributed by atoms with van der Waals surface area (Å²) in [5.41, 5.74) is 2.99. The van der Waals surface area contributed by atoms with E-state index in [-0.39, 0.29) is 0 Å². The molecule has 2 aromatic rings. The Labute approximate surface area is 114 Å². The van der Waals surface area contributed by atoms with E-state index >= 15 is 0 Å². The predicted octanol–water partition coefficient (Wildman–Crippen LogP) is 3.23. The Kier molecular flexibility index (Phi) is 4.44. The minimum atomic E-state index is 0.705. The topological polar surface area (TPSA) is 50.7 Å². The molecule has 100 valence electrons. The van der Waals surface area contributed by atoms with Crippen molar-refractivity contribution in [1.29, 1.82) is 0 Å². The molecule has 0 spiro atoms. The molecule has 0 aliphatic heterocycles. The van der Waals surface area contributed by atoms with Gasteiger partial charge in [-0.15, -0.1) is 0 Å². The average Bonchev–Trinajstić information content (AvgIpc) is 2.45. The maximum Gasteiger partial charge on any atom is 0.180 e. The quantitative estimate of drug-likeness (QED) is 0.892. The molecule has 0 amide bonds. The van der Waals surface area contributed by atoms with Gasteiger partial charge in [-0.25, -0.2) is 9.97 Å². The minimum Gasteiger partial charge on any atom is -0.370 e. The number of anilines is 1. The molecule has 0 bridgehead atoms. The first-order valence-electron chi connectivity index (χ1n) is 6.78. The number of nitrogens with zero attached hydrogens (tertiary/aromatic N) is 3. The maximum absolute atomic E-state index is 4.58. The highest BCUT2D eigenvalue weighted by Gasteiger charge is 2.09. The van der Waals surface area contributed by atoms with Crippen LogP contribution in [0.3, 0.4) is 0 Å². The first kappa shape index (κ1) is 13.5. The summed E-state index contributed by atoms with van der Waals surface area (Å²) >= 11 is 0. The van der Waals surface area contributed by atoms with Crippen LogP contribution in [0.2, 0.25) is 0 Å². The third kappa shape index (κ3) is 3.28. The standard InChI is InChI=1S/C15H20N4/c1-4-8-16-13-10-12(5-2)18-15(19-13)14-11(3)7-6-9-17-14/h6-7,9-10H,4-5,8H2,1-3H3,(H,16,18,19). The van der Waals surface area contributed by atoms with Gasteiger partial charge in [-0.1, -0.05) is 19.9 Å². The fourth-order valence-corrected chi connectivity index (χ4v) is 1.85. The Morgan fingerprint density at radius 2 is 2.05 bits per heavy atom. The average molecular weight is 256 g/mol. The van der Waals surface area contributed by atoms with Crippen LogP contribution in [0.25, 0.3) is 11.5 Å². The van der Waals surface area contributed by atoms with Crippen LogP contribution in [0.15, 0.2) is 24.4 Å². The van der Waals surface area contributed by atoms with Crippen LogP contribution in [0.4, 0.5) is 5.82 Å². The molecule has 0 saturated carbocycles. The number of pyridine rings is 1. The van der Waals surface area contributed by atoms with Crippen molar-refractivity contribution in [2.75, 3.05) is 11.9 Å². The summed E-state index contributed by atoms with van der Waals surface area (Å²) in [5, 5.41) is 3.32. The van der Waals surface area contributed by atoms with Crippen molar-refractivity contribution in [3.8, 4) is 11.5 Å². The minimum absolute atomic E-state index is 0.705. The maximum atomic E-state index is 4.58. The van der Waals surface area contributed by atoms with E-state index in [9.17, 15) is 0 Å². The highest BCUT2D eigenvalue weighted by Crippen LogP contribution is 2.19. The van der Waals surface area contributed by atoms with E-state index in [1.54, 1.807) is 6.20 Å². The monoisotopic (exact) mass is 256 g/mol. The molecule has 0 unspecified atom stereocenters. The van der Waals surface area contributed by atoms with Crippen molar-refractivity contribution in [3.05, 3.63) is 35.7 Å². The van der Waals surface area contributed by atoms with Gasteiger partial charge in [0, 0.05) is 24.5 Å². The molecule has 0 radical (unpaired) electrons. The predicted molar refractivity (Wildman–Crippen MR) is 78.2 cm³/mol. The van der Waals surface area contributed by atoms with Crippen LogP contribution in [0.1, 0.15) is 31.5 Å². The SMILES string of the molecule is CCCNc1cc(CC)nc(-c2ncccc2C)n1. The van der Waals surface area contributed by atoms with Gasteiger partial charge in [0.25, 0.3) is 0 Å². The summed E-state index contributed by atoms with van der Waals surface area (Å²) in [6.45, 7) is 7.18. The fraction of sp³-hybridized carbons (Fsp3) is 0.400. The Bertz CT molecular complexity index is 552. The number of rotatable bonds is 5. The Morgan fingerprint density at radius 1 is 1.21 bits per heavy atom. The van der Waals surface area contributed by atoms with Gasteiger partial charge in [-0.2, -0.15) is 0 Å². The van der Waals surface area contributed by atoms with Crippen molar-refractivity contribution in [2.24, 2.45) is 0 Å². The summed E-state index contributed by atoms with van der Waals surface area (Å²) in [5.74, 6) is 1.59. The van der Waals surface area contributed by atoms with E-state index < -0.39 is 0 Å². The summed E-state index contributed by atoms with van der Waals surface area (Å²) in [7, 11) is 0. The summed E-state index contributed by atoms with van der Waals surface area (Å²) in [6.07, 6.45) is 3.75. The number of hydrogen-bond donors (Lipinski definition) is 1. The number of hydrogen-bond acceptors (Lipinski definition) is 4. The molecule has 1 N–H and O–H groups in total. The Hall–Kier alpha value is -1.97. The number of aromatic nitrogens is 3. The van der Waals surface area contributed by atoms with E-state index in [0.29, 0.717) is 5.82 Å². The second-order valence-electron chi connectivity index (χ2n) is 4.52. The second kappa shape index (κ2) is 6.27. The summed E-state index contributed by atoms with van der Waals surface area (Å²) in [6, 6.07) is 5.97. The van der Waals surface area contributed by atoms with Crippen LogP contribution >= 0.6 is 0 Å². The first-order chi connectivity index (χ1) is 9.24. The van der Waals surface area contributed by atoms with Gasteiger partial charge in [0.05, 0.1) is 0 Å². The molecule has 4 nitrogen and oxygen atoms in total. The van der Waals surface area contributed by atoms with Gasteiger partial charge in [0.2, 0.25) is 0 Å². The highest BCUT2D eigenvalue weighted by atomic mass is 15.0. The van der Waals surface area contributed by atoms with Gasteiger partial charge >= 0.3 is 0 Å². The van der Waals surface area contributed by atoms with E-state index in [1.165, 1.54) is 0 Å². The summed E-state index contributed by atoms with van der Waals surface area (Å²) in [4.78, 5) is 13.5. The molecule has 19 heavy (non-hydrogen) atoms. The Balaban J connectivity index is 2.42. The van der Waals surface area contributed by atoms with Gasteiger partial charge in [-0.05, 0) is 31.4 Å². The lowest BCUT2D eigenvalue weighted by Crippen LogP contribution is -2.06. The van der Waals surface area contributed by atoms with Gasteiger partial charge < -0.3 is 5.32 Å². The number of nitrogens with one attached hydrogen (secondary N) is 1. The lowest BCUT2D eigenvalue weighted by molar-refractivity contribution is 0.948. The van der Waals surface area contributed by atoms with Crippen molar-refractivity contribution in [3.63, 3.8) is 0 Å². The molecule has 2 aromatic heterocycles. The molecular formula is C15H20N4. The van der Waals surface area contributed by atoms with Crippen molar-refractivity contribution in [2.45, 2.75) is 33.6 Å². The van der Waals surface area contributed by atoms with E-state index in [2.05, 4.69) is 34.1 Å². The molecule has 0 aliphatic carbocycles. The van der Waals surface area contributed by atoms with Gasteiger partial charge in [0.1, 0.15) is 11.5 Å². The van der Waals surface area contributed by atoms with Crippen LogP contribution in [0, 0.1) is 6.92 Å². The fourth-order valence-electron chi connectivity index (χ4n) is 1.85. The molecule has 0 atom stereocenters. The lowest BCUT2D eigenvalue weighted by atomic mass is 10.2. The molecule has 0 aliphatic rings. The largest absolute Gasteiger partial charge is 0.370 e. The molecule has 2 rings (SSSR count).